The summed E-state index contributed by atoms with van der Waals surface area (Å²) in [6.45, 7) is 5.95. The number of amides is 1. The van der Waals surface area contributed by atoms with Crippen LogP contribution >= 0.6 is 0 Å². The van der Waals surface area contributed by atoms with Crippen LogP contribution in [0, 0.1) is 5.92 Å². The van der Waals surface area contributed by atoms with E-state index in [1.54, 1.807) is 0 Å². The highest BCUT2D eigenvalue weighted by molar-refractivity contribution is 5.91. The van der Waals surface area contributed by atoms with E-state index >= 15 is 0 Å². The van der Waals surface area contributed by atoms with Crippen molar-refractivity contribution in [2.24, 2.45) is 5.92 Å². The van der Waals surface area contributed by atoms with Crippen molar-refractivity contribution in [3.8, 4) is 0 Å². The van der Waals surface area contributed by atoms with Gasteiger partial charge < -0.3 is 10.2 Å². The fourth-order valence-corrected chi connectivity index (χ4v) is 2.83. The standard InChI is InChI=1S/C18H21N3O/c1-12(2)18(22)20-17-9-8-15(11-19-17)21-13(3)10-14-6-4-5-7-16(14)21/h4-9,11-13H,10H2,1-3H3,(H,19,20,22). The zero-order valence-corrected chi connectivity index (χ0v) is 13.2. The first-order chi connectivity index (χ1) is 10.6. The maximum absolute atomic E-state index is 11.7. The molecule has 1 amide bonds. The molecule has 1 aromatic carbocycles. The minimum atomic E-state index is -0.0491. The number of carbonyl (C=O) groups is 1. The fraction of sp³-hybridized carbons (Fsp3) is 0.333. The molecule has 4 nitrogen and oxygen atoms in total. The first kappa shape index (κ1) is 14.6. The van der Waals surface area contributed by atoms with Crippen LogP contribution in [0.25, 0.3) is 0 Å². The number of fused-ring (bicyclic) bond motifs is 1. The number of pyridine rings is 1. The minimum Gasteiger partial charge on any atom is -0.337 e. The summed E-state index contributed by atoms with van der Waals surface area (Å²) in [5.41, 5.74) is 3.67. The van der Waals surface area contributed by atoms with E-state index in [-0.39, 0.29) is 11.8 Å². The lowest BCUT2D eigenvalue weighted by atomic mass is 10.1. The van der Waals surface area contributed by atoms with Crippen LogP contribution in [0.15, 0.2) is 42.6 Å². The molecule has 0 saturated carbocycles. The molecule has 1 N–H and O–H groups in total. The van der Waals surface area contributed by atoms with Crippen molar-refractivity contribution in [1.29, 1.82) is 0 Å². The topological polar surface area (TPSA) is 45.2 Å². The summed E-state index contributed by atoms with van der Waals surface area (Å²) in [6.07, 6.45) is 2.87. The first-order valence-electron chi connectivity index (χ1n) is 7.70. The maximum atomic E-state index is 11.7. The number of rotatable bonds is 3. The van der Waals surface area contributed by atoms with Crippen molar-refractivity contribution in [2.75, 3.05) is 10.2 Å². The second-order valence-corrected chi connectivity index (χ2v) is 6.10. The van der Waals surface area contributed by atoms with E-state index in [1.807, 2.05) is 32.2 Å². The van der Waals surface area contributed by atoms with Crippen LogP contribution in [0.5, 0.6) is 0 Å². The largest absolute Gasteiger partial charge is 0.337 e. The smallest absolute Gasteiger partial charge is 0.228 e. The molecule has 3 rings (SSSR count). The summed E-state index contributed by atoms with van der Waals surface area (Å²) < 4.78 is 0. The Morgan fingerprint density at radius 3 is 2.73 bits per heavy atom. The molecule has 1 aliphatic rings. The van der Waals surface area contributed by atoms with Crippen molar-refractivity contribution < 1.29 is 4.79 Å². The van der Waals surface area contributed by atoms with Crippen LogP contribution in [0.2, 0.25) is 0 Å². The summed E-state index contributed by atoms with van der Waals surface area (Å²) in [6, 6.07) is 12.8. The van der Waals surface area contributed by atoms with Gasteiger partial charge in [0, 0.05) is 17.6 Å². The first-order valence-corrected chi connectivity index (χ1v) is 7.70. The third-order valence-corrected chi connectivity index (χ3v) is 4.01. The Morgan fingerprint density at radius 2 is 2.05 bits per heavy atom. The van der Waals surface area contributed by atoms with Crippen LogP contribution < -0.4 is 10.2 Å². The summed E-state index contributed by atoms with van der Waals surface area (Å²) >= 11 is 0. The third kappa shape index (κ3) is 2.69. The lowest BCUT2D eigenvalue weighted by Crippen LogP contribution is -2.24. The predicted molar refractivity (Wildman–Crippen MR) is 89.5 cm³/mol. The van der Waals surface area contributed by atoms with Crippen molar-refractivity contribution >= 4 is 23.1 Å². The number of nitrogens with one attached hydrogen (secondary N) is 1. The number of hydrogen-bond acceptors (Lipinski definition) is 3. The summed E-state index contributed by atoms with van der Waals surface area (Å²) in [5.74, 6) is 0.537. The van der Waals surface area contributed by atoms with Gasteiger partial charge in [-0.05, 0) is 37.1 Å². The molecule has 0 spiro atoms. The van der Waals surface area contributed by atoms with Gasteiger partial charge >= 0.3 is 0 Å². The SMILES string of the molecule is CC(C)C(=O)Nc1ccc(N2c3ccccc3CC2C)cn1. The Labute approximate surface area is 131 Å². The maximum Gasteiger partial charge on any atom is 0.228 e. The normalized spacial score (nSPS) is 16.7. The van der Waals surface area contributed by atoms with Gasteiger partial charge in [-0.2, -0.15) is 0 Å². The monoisotopic (exact) mass is 295 g/mol. The highest BCUT2D eigenvalue weighted by Crippen LogP contribution is 2.37. The van der Waals surface area contributed by atoms with Gasteiger partial charge in [-0.15, -0.1) is 0 Å². The van der Waals surface area contributed by atoms with Crippen molar-refractivity contribution in [1.82, 2.24) is 4.98 Å². The van der Waals surface area contributed by atoms with Gasteiger partial charge in [0.15, 0.2) is 0 Å². The molecule has 0 bridgehead atoms. The number of carbonyl (C=O) groups excluding carboxylic acids is 1. The Hall–Kier alpha value is -2.36. The van der Waals surface area contributed by atoms with E-state index in [4.69, 9.17) is 0 Å². The van der Waals surface area contributed by atoms with Crippen molar-refractivity contribution in [2.45, 2.75) is 33.2 Å². The zero-order valence-electron chi connectivity index (χ0n) is 13.2. The summed E-state index contributed by atoms with van der Waals surface area (Å²) in [4.78, 5) is 18.4. The van der Waals surface area contributed by atoms with E-state index in [0.29, 0.717) is 11.9 Å². The number of para-hydroxylation sites is 1. The van der Waals surface area contributed by atoms with Crippen LogP contribution in [0.1, 0.15) is 26.3 Å². The zero-order chi connectivity index (χ0) is 15.7. The Kier molecular flexibility index (Phi) is 3.84. The minimum absolute atomic E-state index is 0.0138. The number of hydrogen-bond donors (Lipinski definition) is 1. The average Bonchev–Trinajstić information content (AvgIpc) is 2.84. The molecular weight excluding hydrogens is 274 g/mol. The Balaban J connectivity index is 1.83. The Morgan fingerprint density at radius 1 is 1.27 bits per heavy atom. The number of benzene rings is 1. The van der Waals surface area contributed by atoms with E-state index in [1.165, 1.54) is 11.3 Å². The molecule has 1 aliphatic heterocycles. The molecule has 0 fully saturated rings. The fourth-order valence-electron chi connectivity index (χ4n) is 2.83. The van der Waals surface area contributed by atoms with Gasteiger partial charge in [0.25, 0.3) is 0 Å². The quantitative estimate of drug-likeness (QED) is 0.937. The molecular formula is C18H21N3O. The van der Waals surface area contributed by atoms with Crippen LogP contribution in [0.4, 0.5) is 17.2 Å². The predicted octanol–water partition coefficient (Wildman–Crippen LogP) is 3.76. The van der Waals surface area contributed by atoms with E-state index in [2.05, 4.69) is 46.4 Å². The van der Waals surface area contributed by atoms with Gasteiger partial charge in [-0.25, -0.2) is 4.98 Å². The average molecular weight is 295 g/mol. The lowest BCUT2D eigenvalue weighted by Gasteiger charge is -2.24. The third-order valence-electron chi connectivity index (χ3n) is 4.01. The van der Waals surface area contributed by atoms with E-state index in [9.17, 15) is 4.79 Å². The number of nitrogens with zero attached hydrogens (tertiary/aromatic N) is 2. The number of aromatic nitrogens is 1. The molecule has 0 saturated heterocycles. The molecule has 0 aliphatic carbocycles. The van der Waals surface area contributed by atoms with Crippen molar-refractivity contribution in [3.05, 3.63) is 48.2 Å². The molecule has 0 radical (unpaired) electrons. The molecule has 1 unspecified atom stereocenters. The molecule has 4 heteroatoms. The van der Waals surface area contributed by atoms with Gasteiger partial charge in [0.05, 0.1) is 11.9 Å². The second-order valence-electron chi connectivity index (χ2n) is 6.10. The van der Waals surface area contributed by atoms with Gasteiger partial charge in [-0.1, -0.05) is 32.0 Å². The highest BCUT2D eigenvalue weighted by Gasteiger charge is 2.26. The highest BCUT2D eigenvalue weighted by atomic mass is 16.1. The lowest BCUT2D eigenvalue weighted by molar-refractivity contribution is -0.118. The number of anilines is 3. The molecule has 114 valence electrons. The van der Waals surface area contributed by atoms with E-state index < -0.39 is 0 Å². The van der Waals surface area contributed by atoms with Gasteiger partial charge in [0.1, 0.15) is 5.82 Å². The van der Waals surface area contributed by atoms with Crippen molar-refractivity contribution in [3.63, 3.8) is 0 Å². The Bertz CT molecular complexity index is 679. The second kappa shape index (κ2) is 5.79. The van der Waals surface area contributed by atoms with Gasteiger partial charge in [-0.3, -0.25) is 4.79 Å². The molecule has 2 heterocycles. The molecule has 22 heavy (non-hydrogen) atoms. The van der Waals surface area contributed by atoms with Crippen LogP contribution in [-0.2, 0) is 11.2 Å². The molecule has 1 atom stereocenters. The molecule has 2 aromatic rings. The summed E-state index contributed by atoms with van der Waals surface area (Å²) in [7, 11) is 0. The van der Waals surface area contributed by atoms with Crippen LogP contribution in [0.3, 0.4) is 0 Å². The van der Waals surface area contributed by atoms with Gasteiger partial charge in [0.2, 0.25) is 5.91 Å². The van der Waals surface area contributed by atoms with E-state index in [0.717, 1.165) is 12.1 Å². The molecule has 1 aromatic heterocycles. The van der Waals surface area contributed by atoms with Crippen LogP contribution in [-0.4, -0.2) is 16.9 Å². The summed E-state index contributed by atoms with van der Waals surface area (Å²) in [5, 5.41) is 2.82.